The van der Waals surface area contributed by atoms with Crippen molar-refractivity contribution in [3.63, 3.8) is 0 Å². The Bertz CT molecular complexity index is 857. The Morgan fingerprint density at radius 3 is 2.44 bits per heavy atom. The van der Waals surface area contributed by atoms with E-state index >= 15 is 0 Å². The van der Waals surface area contributed by atoms with Crippen LogP contribution in [0.5, 0.6) is 11.5 Å². The first-order chi connectivity index (χ1) is 12.8. The maximum Gasteiger partial charge on any atom is 0.387 e. The number of urea groups is 1. The second-order valence-corrected chi connectivity index (χ2v) is 6.20. The van der Waals surface area contributed by atoms with Crippen molar-refractivity contribution >= 4 is 11.9 Å². The van der Waals surface area contributed by atoms with E-state index in [1.807, 2.05) is 0 Å². The molecule has 1 saturated heterocycles. The van der Waals surface area contributed by atoms with Gasteiger partial charge in [-0.15, -0.1) is 0 Å². The fourth-order valence-corrected chi connectivity index (χ4v) is 2.96. The van der Waals surface area contributed by atoms with Crippen molar-refractivity contribution < 1.29 is 27.8 Å². The molecule has 1 aliphatic rings. The topological polar surface area (TPSA) is 67.9 Å². The molecule has 0 aromatic heterocycles. The molecule has 142 valence electrons. The minimum absolute atomic E-state index is 0.0256. The Labute approximate surface area is 154 Å². The molecule has 1 atom stereocenters. The highest BCUT2D eigenvalue weighted by atomic mass is 19.3. The number of hydrogen-bond acceptors (Lipinski definition) is 4. The average Bonchev–Trinajstić information content (AvgIpc) is 2.86. The molecule has 8 heteroatoms. The van der Waals surface area contributed by atoms with Crippen LogP contribution in [0.15, 0.2) is 48.5 Å². The first-order valence-electron chi connectivity index (χ1n) is 8.16. The highest BCUT2D eigenvalue weighted by molar-refractivity contribution is 6.07. The van der Waals surface area contributed by atoms with Crippen LogP contribution in [0.1, 0.15) is 18.1 Å². The van der Waals surface area contributed by atoms with Crippen LogP contribution in [0.25, 0.3) is 0 Å². The number of halogens is 2. The summed E-state index contributed by atoms with van der Waals surface area (Å²) in [6, 6.07) is 12.2. The number of hydrogen-bond donors (Lipinski definition) is 1. The summed E-state index contributed by atoms with van der Waals surface area (Å²) in [6.45, 7) is -1.27. The number of rotatable bonds is 6. The van der Waals surface area contributed by atoms with E-state index in [9.17, 15) is 18.4 Å². The largest absolute Gasteiger partial charge is 0.497 e. The summed E-state index contributed by atoms with van der Waals surface area (Å²) in [6.07, 6.45) is 0. The number of imide groups is 1. The number of nitrogens with zero attached hydrogens (tertiary/aromatic N) is 1. The Hall–Kier alpha value is -3.16. The monoisotopic (exact) mass is 376 g/mol. The predicted octanol–water partition coefficient (Wildman–Crippen LogP) is 3.26. The van der Waals surface area contributed by atoms with E-state index < -0.39 is 24.1 Å². The second-order valence-electron chi connectivity index (χ2n) is 6.20. The van der Waals surface area contributed by atoms with Crippen molar-refractivity contribution in [2.24, 2.45) is 0 Å². The van der Waals surface area contributed by atoms with Crippen LogP contribution < -0.4 is 14.8 Å². The minimum Gasteiger partial charge on any atom is -0.497 e. The van der Waals surface area contributed by atoms with E-state index in [-0.39, 0.29) is 12.3 Å². The zero-order valence-corrected chi connectivity index (χ0v) is 14.7. The fraction of sp³-hybridized carbons (Fsp3) is 0.263. The third-order valence-corrected chi connectivity index (χ3v) is 4.41. The smallest absolute Gasteiger partial charge is 0.387 e. The highest BCUT2D eigenvalue weighted by Crippen LogP contribution is 2.31. The molecule has 1 fully saturated rings. The molecule has 0 bridgehead atoms. The normalized spacial score (nSPS) is 19.4. The molecule has 0 spiro atoms. The Kier molecular flexibility index (Phi) is 4.98. The lowest BCUT2D eigenvalue weighted by atomic mass is 9.92. The van der Waals surface area contributed by atoms with Gasteiger partial charge in [-0.2, -0.15) is 8.78 Å². The molecule has 3 amide bonds. The predicted molar refractivity (Wildman–Crippen MR) is 92.5 cm³/mol. The number of carbonyl (C=O) groups is 2. The Morgan fingerprint density at radius 2 is 1.81 bits per heavy atom. The number of amides is 3. The van der Waals surface area contributed by atoms with Gasteiger partial charge in [0, 0.05) is 0 Å². The molecule has 0 aliphatic carbocycles. The standard InChI is InChI=1S/C19H18F2N2O4/c1-19(13-6-8-14(9-7-13)27-17(20)21)16(24)23(18(25)22-19)11-12-4-3-5-15(10-12)26-2/h3-10,17H,11H2,1-2H3,(H,22,25). The molecule has 1 unspecified atom stereocenters. The van der Waals surface area contributed by atoms with E-state index in [4.69, 9.17) is 4.74 Å². The third-order valence-electron chi connectivity index (χ3n) is 4.41. The molecule has 1 aliphatic heterocycles. The average molecular weight is 376 g/mol. The Morgan fingerprint density at radius 1 is 1.11 bits per heavy atom. The Balaban J connectivity index is 1.81. The van der Waals surface area contributed by atoms with Gasteiger partial charge in [-0.25, -0.2) is 4.79 Å². The van der Waals surface area contributed by atoms with Gasteiger partial charge in [0.25, 0.3) is 5.91 Å². The molecular weight excluding hydrogens is 358 g/mol. The van der Waals surface area contributed by atoms with Crippen LogP contribution in [0.2, 0.25) is 0 Å². The van der Waals surface area contributed by atoms with Gasteiger partial charge < -0.3 is 14.8 Å². The number of benzene rings is 2. The zero-order valence-electron chi connectivity index (χ0n) is 14.7. The van der Waals surface area contributed by atoms with Crippen LogP contribution in [-0.2, 0) is 16.9 Å². The summed E-state index contributed by atoms with van der Waals surface area (Å²) >= 11 is 0. The number of alkyl halides is 2. The van der Waals surface area contributed by atoms with Crippen molar-refractivity contribution in [1.82, 2.24) is 10.2 Å². The molecule has 1 heterocycles. The number of nitrogens with one attached hydrogen (secondary N) is 1. The molecule has 6 nitrogen and oxygen atoms in total. The third kappa shape index (κ3) is 3.69. The summed E-state index contributed by atoms with van der Waals surface area (Å²) in [5, 5.41) is 2.67. The first kappa shape index (κ1) is 18.6. The number of methoxy groups -OCH3 is 1. The lowest BCUT2D eigenvalue weighted by Crippen LogP contribution is -2.40. The van der Waals surface area contributed by atoms with E-state index in [0.717, 1.165) is 10.5 Å². The van der Waals surface area contributed by atoms with Crippen LogP contribution in [0.4, 0.5) is 13.6 Å². The summed E-state index contributed by atoms with van der Waals surface area (Å²) in [5.74, 6) is 0.164. The molecule has 0 radical (unpaired) electrons. The SMILES string of the molecule is COc1cccc(CN2C(=O)NC(C)(c3ccc(OC(F)F)cc3)C2=O)c1. The number of ether oxygens (including phenoxy) is 2. The van der Waals surface area contributed by atoms with Crippen LogP contribution >= 0.6 is 0 Å². The van der Waals surface area contributed by atoms with Gasteiger partial charge in [0.15, 0.2) is 0 Å². The van der Waals surface area contributed by atoms with Gasteiger partial charge in [-0.05, 0) is 42.3 Å². The summed E-state index contributed by atoms with van der Waals surface area (Å²) in [7, 11) is 1.53. The van der Waals surface area contributed by atoms with Crippen LogP contribution in [0, 0.1) is 0 Å². The van der Waals surface area contributed by atoms with Crippen molar-refractivity contribution in [3.8, 4) is 11.5 Å². The van der Waals surface area contributed by atoms with Crippen molar-refractivity contribution in [2.45, 2.75) is 25.6 Å². The minimum atomic E-state index is -2.93. The van der Waals surface area contributed by atoms with Gasteiger partial charge >= 0.3 is 12.6 Å². The second kappa shape index (κ2) is 7.22. The summed E-state index contributed by atoms with van der Waals surface area (Å²) < 4.78 is 34.0. The van der Waals surface area contributed by atoms with Crippen molar-refractivity contribution in [1.29, 1.82) is 0 Å². The molecule has 27 heavy (non-hydrogen) atoms. The van der Waals surface area contributed by atoms with Crippen molar-refractivity contribution in [2.75, 3.05) is 7.11 Å². The first-order valence-corrected chi connectivity index (χ1v) is 8.16. The molecule has 0 saturated carbocycles. The maximum absolute atomic E-state index is 12.9. The fourth-order valence-electron chi connectivity index (χ4n) is 2.96. The van der Waals surface area contributed by atoms with E-state index in [2.05, 4.69) is 10.1 Å². The molecule has 1 N–H and O–H groups in total. The van der Waals surface area contributed by atoms with Gasteiger partial charge in [0.05, 0.1) is 13.7 Å². The van der Waals surface area contributed by atoms with Gasteiger partial charge in [-0.1, -0.05) is 24.3 Å². The van der Waals surface area contributed by atoms with Crippen LogP contribution in [-0.4, -0.2) is 30.6 Å². The highest BCUT2D eigenvalue weighted by Gasteiger charge is 2.48. The van der Waals surface area contributed by atoms with Crippen LogP contribution in [0.3, 0.4) is 0 Å². The van der Waals surface area contributed by atoms with Gasteiger partial charge in [0.1, 0.15) is 17.0 Å². The lowest BCUT2D eigenvalue weighted by Gasteiger charge is -2.22. The van der Waals surface area contributed by atoms with Crippen molar-refractivity contribution in [3.05, 3.63) is 59.7 Å². The molecule has 3 rings (SSSR count). The van der Waals surface area contributed by atoms with E-state index in [1.165, 1.54) is 31.4 Å². The number of carbonyl (C=O) groups excluding carboxylic acids is 2. The molecule has 2 aromatic rings. The zero-order chi connectivity index (χ0) is 19.6. The lowest BCUT2D eigenvalue weighted by molar-refractivity contribution is -0.131. The van der Waals surface area contributed by atoms with E-state index in [0.29, 0.717) is 11.3 Å². The van der Waals surface area contributed by atoms with Gasteiger partial charge in [0.2, 0.25) is 0 Å². The molecule has 2 aromatic carbocycles. The summed E-state index contributed by atoms with van der Waals surface area (Å²) in [5.41, 5.74) is -0.0855. The molecular formula is C19H18F2N2O4. The summed E-state index contributed by atoms with van der Waals surface area (Å²) in [4.78, 5) is 26.4. The quantitative estimate of drug-likeness (QED) is 0.786. The van der Waals surface area contributed by atoms with Gasteiger partial charge in [-0.3, -0.25) is 9.69 Å². The maximum atomic E-state index is 12.9. The van der Waals surface area contributed by atoms with E-state index in [1.54, 1.807) is 31.2 Å².